The van der Waals surface area contributed by atoms with Crippen molar-refractivity contribution in [1.29, 1.82) is 0 Å². The van der Waals surface area contributed by atoms with E-state index in [2.05, 4.69) is 24.1 Å². The van der Waals surface area contributed by atoms with Gasteiger partial charge in [0.15, 0.2) is 0 Å². The first-order valence-electron chi connectivity index (χ1n) is 6.95. The Bertz CT molecular complexity index is 463. The normalized spacial score (nSPS) is 16.2. The third-order valence-electron chi connectivity index (χ3n) is 3.69. The van der Waals surface area contributed by atoms with E-state index in [-0.39, 0.29) is 5.91 Å². The second-order valence-corrected chi connectivity index (χ2v) is 5.26. The zero-order valence-corrected chi connectivity index (χ0v) is 12.0. The molecule has 1 fully saturated rings. The lowest BCUT2D eigenvalue weighted by atomic mass is 10.1. The molecule has 1 aromatic carbocycles. The number of benzene rings is 1. The fraction of sp³-hybridized carbons (Fsp3) is 0.467. The van der Waals surface area contributed by atoms with Crippen LogP contribution in [0.1, 0.15) is 24.2 Å². The molecule has 0 aromatic heterocycles. The molecule has 0 saturated carbocycles. The standard InChI is InChI=1S/C15H21N3O2/c1-12(2)17-7-9-18(10-8-17)15(20)13-3-5-14(6-4-13)16-11-19/h3-6,11-12H,7-10H2,1-2H3,(H,16,19). The Kier molecular flexibility index (Phi) is 4.74. The molecule has 1 aliphatic rings. The van der Waals surface area contributed by atoms with E-state index < -0.39 is 0 Å². The molecule has 5 heteroatoms. The van der Waals surface area contributed by atoms with Gasteiger partial charge in [0.05, 0.1) is 0 Å². The van der Waals surface area contributed by atoms with Crippen LogP contribution < -0.4 is 5.32 Å². The molecule has 0 bridgehead atoms. The average Bonchev–Trinajstić information content (AvgIpc) is 2.48. The highest BCUT2D eigenvalue weighted by molar-refractivity contribution is 5.94. The van der Waals surface area contributed by atoms with Crippen molar-refractivity contribution in [3.05, 3.63) is 29.8 Å². The molecule has 20 heavy (non-hydrogen) atoms. The molecule has 0 radical (unpaired) electrons. The number of nitrogens with one attached hydrogen (secondary N) is 1. The summed E-state index contributed by atoms with van der Waals surface area (Å²) in [5, 5.41) is 2.56. The molecule has 1 aliphatic heterocycles. The summed E-state index contributed by atoms with van der Waals surface area (Å²) in [6, 6.07) is 7.52. The number of amides is 2. The van der Waals surface area contributed by atoms with E-state index in [0.717, 1.165) is 26.2 Å². The largest absolute Gasteiger partial charge is 0.336 e. The minimum Gasteiger partial charge on any atom is -0.336 e. The van der Waals surface area contributed by atoms with Gasteiger partial charge in [0.2, 0.25) is 6.41 Å². The minimum atomic E-state index is 0.0612. The molecule has 1 saturated heterocycles. The Morgan fingerprint density at radius 1 is 1.15 bits per heavy atom. The van der Waals surface area contributed by atoms with E-state index in [1.807, 2.05) is 4.90 Å². The lowest BCUT2D eigenvalue weighted by Gasteiger charge is -2.37. The lowest BCUT2D eigenvalue weighted by Crippen LogP contribution is -2.50. The Labute approximate surface area is 119 Å². The number of rotatable bonds is 4. The lowest BCUT2D eigenvalue weighted by molar-refractivity contribution is -0.105. The SMILES string of the molecule is CC(C)N1CCN(C(=O)c2ccc(NC=O)cc2)CC1. The van der Waals surface area contributed by atoms with Gasteiger partial charge in [0.25, 0.3) is 5.91 Å². The predicted molar refractivity (Wildman–Crippen MR) is 78.7 cm³/mol. The highest BCUT2D eigenvalue weighted by Gasteiger charge is 2.23. The summed E-state index contributed by atoms with van der Waals surface area (Å²) in [5.74, 6) is 0.0612. The van der Waals surface area contributed by atoms with Crippen molar-refractivity contribution in [2.24, 2.45) is 0 Å². The maximum atomic E-state index is 12.4. The quantitative estimate of drug-likeness (QED) is 0.846. The second kappa shape index (κ2) is 6.52. The molecule has 5 nitrogen and oxygen atoms in total. The number of hydrogen-bond donors (Lipinski definition) is 1. The molecule has 0 spiro atoms. The van der Waals surface area contributed by atoms with Crippen molar-refractivity contribution in [3.8, 4) is 0 Å². The van der Waals surface area contributed by atoms with Gasteiger partial charge in [-0.05, 0) is 38.1 Å². The third kappa shape index (κ3) is 3.36. The zero-order valence-electron chi connectivity index (χ0n) is 12.0. The number of hydrogen-bond acceptors (Lipinski definition) is 3. The summed E-state index contributed by atoms with van der Waals surface area (Å²) in [4.78, 5) is 27.0. The average molecular weight is 275 g/mol. The predicted octanol–water partition coefficient (Wildman–Crippen LogP) is 1.42. The molecule has 1 N–H and O–H groups in total. The number of carbonyl (C=O) groups is 2. The third-order valence-corrected chi connectivity index (χ3v) is 3.69. The molecule has 2 amide bonds. The Morgan fingerprint density at radius 3 is 2.25 bits per heavy atom. The van der Waals surface area contributed by atoms with Crippen LogP contribution in [0.4, 0.5) is 5.69 Å². The fourth-order valence-corrected chi connectivity index (χ4v) is 2.40. The van der Waals surface area contributed by atoms with Crippen LogP contribution in [0.3, 0.4) is 0 Å². The van der Waals surface area contributed by atoms with Crippen LogP contribution in [0.2, 0.25) is 0 Å². The van der Waals surface area contributed by atoms with Crippen LogP contribution >= 0.6 is 0 Å². The van der Waals surface area contributed by atoms with Gasteiger partial charge in [0, 0.05) is 43.5 Å². The van der Waals surface area contributed by atoms with Gasteiger partial charge < -0.3 is 10.2 Å². The first kappa shape index (κ1) is 14.5. The van der Waals surface area contributed by atoms with E-state index in [4.69, 9.17) is 0 Å². The van der Waals surface area contributed by atoms with Gasteiger partial charge in [-0.3, -0.25) is 14.5 Å². The minimum absolute atomic E-state index is 0.0612. The van der Waals surface area contributed by atoms with Gasteiger partial charge in [-0.25, -0.2) is 0 Å². The topological polar surface area (TPSA) is 52.6 Å². The first-order chi connectivity index (χ1) is 9.61. The molecule has 0 aliphatic carbocycles. The molecule has 2 rings (SSSR count). The van der Waals surface area contributed by atoms with Crippen LogP contribution in [0, 0.1) is 0 Å². The summed E-state index contributed by atoms with van der Waals surface area (Å²) in [6.45, 7) is 7.74. The maximum Gasteiger partial charge on any atom is 0.253 e. The van der Waals surface area contributed by atoms with Crippen LogP contribution in [-0.4, -0.2) is 54.3 Å². The number of anilines is 1. The highest BCUT2D eigenvalue weighted by atomic mass is 16.2. The van der Waals surface area contributed by atoms with Crippen LogP contribution in [0.5, 0.6) is 0 Å². The van der Waals surface area contributed by atoms with Crippen molar-refractivity contribution in [1.82, 2.24) is 9.80 Å². The molecule has 0 atom stereocenters. The van der Waals surface area contributed by atoms with E-state index >= 15 is 0 Å². The van der Waals surface area contributed by atoms with Crippen molar-refractivity contribution in [2.45, 2.75) is 19.9 Å². The van der Waals surface area contributed by atoms with Gasteiger partial charge in [-0.2, -0.15) is 0 Å². The summed E-state index contributed by atoms with van der Waals surface area (Å²) in [5.41, 5.74) is 1.36. The molecular formula is C15H21N3O2. The molecule has 0 unspecified atom stereocenters. The van der Waals surface area contributed by atoms with Crippen molar-refractivity contribution in [3.63, 3.8) is 0 Å². The Balaban J connectivity index is 1.96. The van der Waals surface area contributed by atoms with Gasteiger partial charge in [0.1, 0.15) is 0 Å². The van der Waals surface area contributed by atoms with Crippen LogP contribution in [-0.2, 0) is 4.79 Å². The zero-order chi connectivity index (χ0) is 14.5. The molecule has 1 heterocycles. The van der Waals surface area contributed by atoms with E-state index in [1.54, 1.807) is 24.3 Å². The smallest absolute Gasteiger partial charge is 0.253 e. The van der Waals surface area contributed by atoms with Gasteiger partial charge >= 0.3 is 0 Å². The van der Waals surface area contributed by atoms with Gasteiger partial charge in [-0.1, -0.05) is 0 Å². The molecule has 108 valence electrons. The number of nitrogens with zero attached hydrogens (tertiary/aromatic N) is 2. The molecule has 1 aromatic rings. The molecular weight excluding hydrogens is 254 g/mol. The van der Waals surface area contributed by atoms with E-state index in [1.165, 1.54) is 0 Å². The van der Waals surface area contributed by atoms with Crippen molar-refractivity contribution in [2.75, 3.05) is 31.5 Å². The van der Waals surface area contributed by atoms with Crippen molar-refractivity contribution >= 4 is 18.0 Å². The van der Waals surface area contributed by atoms with E-state index in [0.29, 0.717) is 23.7 Å². The van der Waals surface area contributed by atoms with E-state index in [9.17, 15) is 9.59 Å². The highest BCUT2D eigenvalue weighted by Crippen LogP contribution is 2.13. The summed E-state index contributed by atoms with van der Waals surface area (Å²) in [6.07, 6.45) is 0.627. The summed E-state index contributed by atoms with van der Waals surface area (Å²) < 4.78 is 0. The number of piperazine rings is 1. The maximum absolute atomic E-state index is 12.4. The van der Waals surface area contributed by atoms with Gasteiger partial charge in [-0.15, -0.1) is 0 Å². The number of carbonyl (C=O) groups excluding carboxylic acids is 2. The summed E-state index contributed by atoms with van der Waals surface area (Å²) >= 11 is 0. The Morgan fingerprint density at radius 2 is 1.75 bits per heavy atom. The van der Waals surface area contributed by atoms with Crippen LogP contribution in [0.15, 0.2) is 24.3 Å². The van der Waals surface area contributed by atoms with Crippen molar-refractivity contribution < 1.29 is 9.59 Å². The second-order valence-electron chi connectivity index (χ2n) is 5.26. The van der Waals surface area contributed by atoms with Crippen LogP contribution in [0.25, 0.3) is 0 Å². The fourth-order valence-electron chi connectivity index (χ4n) is 2.40. The summed E-state index contributed by atoms with van der Waals surface area (Å²) in [7, 11) is 0. The first-order valence-corrected chi connectivity index (χ1v) is 6.95. The Hall–Kier alpha value is -1.88. The monoisotopic (exact) mass is 275 g/mol.